The van der Waals surface area contributed by atoms with Crippen LogP contribution in [0.25, 0.3) is 10.8 Å². The third kappa shape index (κ3) is 3.51. The second-order valence-electron chi connectivity index (χ2n) is 4.84. The Kier molecular flexibility index (Phi) is 4.47. The van der Waals surface area contributed by atoms with Gasteiger partial charge in [0.05, 0.1) is 0 Å². The van der Waals surface area contributed by atoms with Crippen LogP contribution in [0, 0.1) is 4.91 Å². The first-order valence-electron chi connectivity index (χ1n) is 6.41. The largest absolute Gasteiger partial charge is 0.354 e. The average molecular weight is 258 g/mol. The highest BCUT2D eigenvalue weighted by Crippen LogP contribution is 2.22. The van der Waals surface area contributed by atoms with Gasteiger partial charge in [-0.1, -0.05) is 50.2 Å². The van der Waals surface area contributed by atoms with Crippen molar-refractivity contribution in [2.75, 3.05) is 6.54 Å². The van der Waals surface area contributed by atoms with E-state index in [-0.39, 0.29) is 6.10 Å². The molecule has 0 aliphatic heterocycles. The monoisotopic (exact) mass is 258 g/mol. The number of rotatable bonds is 6. The molecule has 2 rings (SSSR count). The van der Waals surface area contributed by atoms with Gasteiger partial charge in [-0.15, -0.1) is 4.91 Å². The molecule has 100 valence electrons. The lowest BCUT2D eigenvalue weighted by Gasteiger charge is -2.16. The molecule has 0 aliphatic carbocycles. The van der Waals surface area contributed by atoms with Crippen molar-refractivity contribution < 1.29 is 4.84 Å². The maximum Gasteiger partial charge on any atom is 0.168 e. The molecule has 0 saturated carbocycles. The Balaban J connectivity index is 2.24. The molecule has 2 aromatic rings. The summed E-state index contributed by atoms with van der Waals surface area (Å²) in [5.41, 5.74) is 0.950. The number of nitrogens with zero attached hydrogens (tertiary/aromatic N) is 1. The average Bonchev–Trinajstić information content (AvgIpc) is 2.42. The summed E-state index contributed by atoms with van der Waals surface area (Å²) in [6.07, 6.45) is -0.357. The fraction of sp³-hybridized carbons (Fsp3) is 0.333. The minimum atomic E-state index is -0.357. The molecule has 0 radical (unpaired) electrons. The maximum absolute atomic E-state index is 10.4. The summed E-state index contributed by atoms with van der Waals surface area (Å²) < 4.78 is 0. The number of fused-ring (bicyclic) bond motifs is 1. The van der Waals surface area contributed by atoms with Crippen LogP contribution < -0.4 is 5.32 Å². The summed E-state index contributed by atoms with van der Waals surface area (Å²) >= 11 is 0. The van der Waals surface area contributed by atoms with E-state index in [0.29, 0.717) is 12.6 Å². The summed E-state index contributed by atoms with van der Waals surface area (Å²) in [5, 5.41) is 8.13. The van der Waals surface area contributed by atoms with Gasteiger partial charge in [-0.2, -0.15) is 0 Å². The third-order valence-corrected chi connectivity index (χ3v) is 3.03. The van der Waals surface area contributed by atoms with Crippen LogP contribution in [-0.4, -0.2) is 12.6 Å². The summed E-state index contributed by atoms with van der Waals surface area (Å²) in [4.78, 5) is 15.3. The van der Waals surface area contributed by atoms with Gasteiger partial charge in [0, 0.05) is 12.6 Å². The molecular weight excluding hydrogens is 240 g/mol. The van der Waals surface area contributed by atoms with Crippen molar-refractivity contribution >= 4 is 10.8 Å². The second-order valence-corrected chi connectivity index (χ2v) is 4.84. The van der Waals surface area contributed by atoms with Gasteiger partial charge in [-0.3, -0.25) is 0 Å². The Morgan fingerprint density at radius 2 is 1.89 bits per heavy atom. The van der Waals surface area contributed by atoms with Crippen LogP contribution in [-0.2, 0) is 4.84 Å². The molecule has 0 aromatic heterocycles. The van der Waals surface area contributed by atoms with Gasteiger partial charge < -0.3 is 10.2 Å². The van der Waals surface area contributed by atoms with E-state index in [0.717, 1.165) is 10.9 Å². The van der Waals surface area contributed by atoms with Crippen LogP contribution in [0.4, 0.5) is 0 Å². The second kappa shape index (κ2) is 6.29. The molecule has 1 N–H and O–H groups in total. The van der Waals surface area contributed by atoms with E-state index in [1.165, 1.54) is 5.39 Å². The summed E-state index contributed by atoms with van der Waals surface area (Å²) in [6.45, 7) is 4.65. The summed E-state index contributed by atoms with van der Waals surface area (Å²) in [5.74, 6) is 0. The number of hydrogen-bond donors (Lipinski definition) is 1. The van der Waals surface area contributed by atoms with E-state index < -0.39 is 0 Å². The zero-order valence-electron chi connectivity index (χ0n) is 11.2. The van der Waals surface area contributed by atoms with Gasteiger partial charge >= 0.3 is 0 Å². The first kappa shape index (κ1) is 13.5. The molecule has 1 unspecified atom stereocenters. The fourth-order valence-electron chi connectivity index (χ4n) is 2.02. The lowest BCUT2D eigenvalue weighted by Crippen LogP contribution is -2.28. The third-order valence-electron chi connectivity index (χ3n) is 3.03. The fourth-order valence-corrected chi connectivity index (χ4v) is 2.02. The zero-order chi connectivity index (χ0) is 13.7. The minimum Gasteiger partial charge on any atom is -0.354 e. The maximum atomic E-state index is 10.4. The predicted octanol–water partition coefficient (Wildman–Crippen LogP) is 3.58. The lowest BCUT2D eigenvalue weighted by molar-refractivity contribution is 0.0533. The Labute approximate surface area is 112 Å². The van der Waals surface area contributed by atoms with Crippen LogP contribution in [0.2, 0.25) is 0 Å². The Hall–Kier alpha value is -1.94. The van der Waals surface area contributed by atoms with E-state index in [9.17, 15) is 4.91 Å². The Morgan fingerprint density at radius 1 is 1.16 bits per heavy atom. The van der Waals surface area contributed by atoms with E-state index >= 15 is 0 Å². The SMILES string of the molecule is CC(C)NCC(ON=O)c1ccc2ccccc2c1. The van der Waals surface area contributed by atoms with Gasteiger partial charge in [0.1, 0.15) is 0 Å². The van der Waals surface area contributed by atoms with Gasteiger partial charge in [-0.05, 0) is 22.4 Å². The smallest absolute Gasteiger partial charge is 0.168 e. The zero-order valence-corrected chi connectivity index (χ0v) is 11.2. The van der Waals surface area contributed by atoms with Crippen molar-refractivity contribution in [2.24, 2.45) is 5.34 Å². The number of benzene rings is 2. The predicted molar refractivity (Wildman–Crippen MR) is 76.7 cm³/mol. The van der Waals surface area contributed by atoms with Crippen molar-refractivity contribution in [1.82, 2.24) is 5.32 Å². The van der Waals surface area contributed by atoms with E-state index in [1.54, 1.807) is 0 Å². The highest BCUT2D eigenvalue weighted by molar-refractivity contribution is 5.83. The Morgan fingerprint density at radius 3 is 2.58 bits per heavy atom. The van der Waals surface area contributed by atoms with Crippen molar-refractivity contribution in [3.05, 3.63) is 52.9 Å². The molecule has 4 nitrogen and oxygen atoms in total. The molecule has 0 aliphatic rings. The van der Waals surface area contributed by atoms with Crippen molar-refractivity contribution in [3.8, 4) is 0 Å². The van der Waals surface area contributed by atoms with Gasteiger partial charge in [0.2, 0.25) is 0 Å². The van der Waals surface area contributed by atoms with Crippen molar-refractivity contribution in [3.63, 3.8) is 0 Å². The highest BCUT2D eigenvalue weighted by Gasteiger charge is 2.14. The van der Waals surface area contributed by atoms with E-state index in [4.69, 9.17) is 4.84 Å². The molecule has 0 saturated heterocycles. The lowest BCUT2D eigenvalue weighted by atomic mass is 10.0. The molecule has 2 aromatic carbocycles. The molecule has 0 spiro atoms. The van der Waals surface area contributed by atoms with Crippen LogP contribution >= 0.6 is 0 Å². The molecule has 0 fully saturated rings. The van der Waals surface area contributed by atoms with Crippen LogP contribution in [0.1, 0.15) is 25.5 Å². The van der Waals surface area contributed by atoms with E-state index in [2.05, 4.69) is 16.7 Å². The van der Waals surface area contributed by atoms with Gasteiger partial charge in [0.25, 0.3) is 0 Å². The summed E-state index contributed by atoms with van der Waals surface area (Å²) in [6, 6.07) is 14.5. The molecule has 19 heavy (non-hydrogen) atoms. The van der Waals surface area contributed by atoms with Gasteiger partial charge in [0.15, 0.2) is 11.4 Å². The number of hydrogen-bond acceptors (Lipinski definition) is 4. The first-order valence-corrected chi connectivity index (χ1v) is 6.41. The molecule has 0 heterocycles. The van der Waals surface area contributed by atoms with Crippen LogP contribution in [0.15, 0.2) is 47.8 Å². The topological polar surface area (TPSA) is 50.7 Å². The molecule has 0 amide bonds. The highest BCUT2D eigenvalue weighted by atomic mass is 16.7. The Bertz CT molecular complexity index is 555. The molecule has 0 bridgehead atoms. The quantitative estimate of drug-likeness (QED) is 0.636. The van der Waals surface area contributed by atoms with Gasteiger partial charge in [-0.25, -0.2) is 0 Å². The minimum absolute atomic E-state index is 0.332. The summed E-state index contributed by atoms with van der Waals surface area (Å²) in [7, 11) is 0. The van der Waals surface area contributed by atoms with Crippen molar-refractivity contribution in [2.45, 2.75) is 26.0 Å². The molecule has 4 heteroatoms. The van der Waals surface area contributed by atoms with E-state index in [1.807, 2.05) is 50.2 Å². The first-order chi connectivity index (χ1) is 9.20. The van der Waals surface area contributed by atoms with Crippen LogP contribution in [0.3, 0.4) is 0 Å². The molecular formula is C15H18N2O2. The number of nitrogens with one attached hydrogen (secondary N) is 1. The van der Waals surface area contributed by atoms with Crippen molar-refractivity contribution in [1.29, 1.82) is 0 Å². The molecule has 1 atom stereocenters. The van der Waals surface area contributed by atoms with Crippen LogP contribution in [0.5, 0.6) is 0 Å². The standard InChI is InChI=1S/C15H18N2O2/c1-11(2)16-10-15(19-17-18)14-8-7-12-5-3-4-6-13(12)9-14/h3-9,11,15-16H,10H2,1-2H3. The normalized spacial score (nSPS) is 12.6.